The molecule has 1 heterocycles. The lowest BCUT2D eigenvalue weighted by Gasteiger charge is -2.09. The predicted octanol–water partition coefficient (Wildman–Crippen LogP) is 1.85. The summed E-state index contributed by atoms with van der Waals surface area (Å²) in [5.41, 5.74) is 6.06. The topological polar surface area (TPSA) is 85.1 Å². The Labute approximate surface area is 128 Å². The van der Waals surface area contributed by atoms with E-state index >= 15 is 0 Å². The molecule has 2 aromatic rings. The summed E-state index contributed by atoms with van der Waals surface area (Å²) < 4.78 is 27.0. The molecule has 0 saturated heterocycles. The first-order valence-electron chi connectivity index (χ1n) is 5.94. The van der Waals surface area contributed by atoms with E-state index in [1.807, 2.05) is 0 Å². The molecule has 0 unspecified atom stereocenters. The molecule has 0 radical (unpaired) electrons. The molecule has 0 fully saturated rings. The van der Waals surface area contributed by atoms with Crippen LogP contribution in [-0.4, -0.2) is 19.9 Å². The molecule has 0 saturated carbocycles. The minimum Gasteiger partial charge on any atom is -0.320 e. The molecule has 0 atom stereocenters. The highest BCUT2D eigenvalue weighted by Crippen LogP contribution is 2.23. The van der Waals surface area contributed by atoms with Crippen molar-refractivity contribution in [1.29, 1.82) is 0 Å². The molecule has 7 heteroatoms. The number of hydrogen-bond donors (Lipinski definition) is 2. The lowest BCUT2D eigenvalue weighted by molar-refractivity contribution is 0.601. The van der Waals surface area contributed by atoms with Gasteiger partial charge in [0, 0.05) is 18.0 Å². The van der Waals surface area contributed by atoms with Gasteiger partial charge in [-0.15, -0.1) is 0 Å². The number of sulfonamides is 1. The number of rotatable bonds is 3. The second kappa shape index (κ2) is 6.59. The standard InChI is InChI=1S/C14H12ClN3O2S/c15-13-5-1-2-6-14(13)18-21(19,20)12-8-11(4-3-7-16)9-17-10-12/h1-2,5-6,8-10,18H,7,16H2. The van der Waals surface area contributed by atoms with Crippen molar-refractivity contribution in [2.45, 2.75) is 4.90 Å². The lowest BCUT2D eigenvalue weighted by Crippen LogP contribution is -2.13. The Morgan fingerprint density at radius 1 is 1.29 bits per heavy atom. The predicted molar refractivity (Wildman–Crippen MR) is 82.4 cm³/mol. The number of nitrogens with one attached hydrogen (secondary N) is 1. The van der Waals surface area contributed by atoms with E-state index < -0.39 is 10.0 Å². The van der Waals surface area contributed by atoms with E-state index in [-0.39, 0.29) is 11.4 Å². The highest BCUT2D eigenvalue weighted by molar-refractivity contribution is 7.92. The Morgan fingerprint density at radius 3 is 2.76 bits per heavy atom. The van der Waals surface area contributed by atoms with Crippen molar-refractivity contribution in [3.05, 3.63) is 53.3 Å². The maximum Gasteiger partial charge on any atom is 0.263 e. The summed E-state index contributed by atoms with van der Waals surface area (Å²) in [4.78, 5) is 3.88. The molecule has 1 aromatic heterocycles. The average molecular weight is 322 g/mol. The average Bonchev–Trinajstić information content (AvgIpc) is 2.48. The van der Waals surface area contributed by atoms with Crippen molar-refractivity contribution in [3.63, 3.8) is 0 Å². The van der Waals surface area contributed by atoms with E-state index in [1.54, 1.807) is 24.3 Å². The van der Waals surface area contributed by atoms with E-state index in [4.69, 9.17) is 17.3 Å². The Morgan fingerprint density at radius 2 is 2.05 bits per heavy atom. The molecule has 0 aliphatic carbocycles. The fourth-order valence-corrected chi connectivity index (χ4v) is 2.84. The minimum absolute atomic E-state index is 0.00578. The Kier molecular flexibility index (Phi) is 4.81. The van der Waals surface area contributed by atoms with Crippen LogP contribution in [0.25, 0.3) is 0 Å². The van der Waals surface area contributed by atoms with Gasteiger partial charge in [-0.05, 0) is 18.2 Å². The van der Waals surface area contributed by atoms with Gasteiger partial charge in [0.05, 0.1) is 17.3 Å². The van der Waals surface area contributed by atoms with Gasteiger partial charge in [-0.2, -0.15) is 0 Å². The SMILES string of the molecule is NCC#Cc1cncc(S(=O)(=O)Nc2ccccc2Cl)c1. The highest BCUT2D eigenvalue weighted by Gasteiger charge is 2.16. The van der Waals surface area contributed by atoms with Gasteiger partial charge in [-0.1, -0.05) is 35.6 Å². The van der Waals surface area contributed by atoms with Gasteiger partial charge in [-0.25, -0.2) is 8.42 Å². The van der Waals surface area contributed by atoms with Gasteiger partial charge in [0.2, 0.25) is 0 Å². The first-order valence-corrected chi connectivity index (χ1v) is 7.80. The van der Waals surface area contributed by atoms with Crippen LogP contribution in [0.15, 0.2) is 47.6 Å². The van der Waals surface area contributed by atoms with Crippen LogP contribution in [0.1, 0.15) is 5.56 Å². The fraction of sp³-hybridized carbons (Fsp3) is 0.0714. The molecule has 0 aliphatic rings. The fourth-order valence-electron chi connectivity index (χ4n) is 1.53. The van der Waals surface area contributed by atoms with E-state index in [9.17, 15) is 8.42 Å². The van der Waals surface area contributed by atoms with Gasteiger partial charge in [0.15, 0.2) is 0 Å². The molecule has 0 aliphatic heterocycles. The van der Waals surface area contributed by atoms with Gasteiger partial charge < -0.3 is 5.73 Å². The third kappa shape index (κ3) is 3.95. The largest absolute Gasteiger partial charge is 0.320 e. The van der Waals surface area contributed by atoms with Crippen LogP contribution in [-0.2, 0) is 10.0 Å². The monoisotopic (exact) mass is 321 g/mol. The van der Waals surface area contributed by atoms with Gasteiger partial charge in [0.1, 0.15) is 4.90 Å². The normalized spacial score (nSPS) is 10.6. The Hall–Kier alpha value is -2.07. The highest BCUT2D eigenvalue weighted by atomic mass is 35.5. The van der Waals surface area contributed by atoms with Gasteiger partial charge in [0.25, 0.3) is 10.0 Å². The maximum absolute atomic E-state index is 12.3. The summed E-state index contributed by atoms with van der Waals surface area (Å²) in [7, 11) is -3.78. The zero-order chi connectivity index (χ0) is 15.3. The number of nitrogens with zero attached hydrogens (tertiary/aromatic N) is 1. The van der Waals surface area contributed by atoms with E-state index in [0.717, 1.165) is 0 Å². The van der Waals surface area contributed by atoms with E-state index in [1.165, 1.54) is 18.5 Å². The van der Waals surface area contributed by atoms with E-state index in [2.05, 4.69) is 21.5 Å². The number of para-hydroxylation sites is 1. The summed E-state index contributed by atoms with van der Waals surface area (Å²) in [5.74, 6) is 5.38. The molecule has 108 valence electrons. The van der Waals surface area contributed by atoms with Crippen molar-refractivity contribution in [1.82, 2.24) is 4.98 Å². The smallest absolute Gasteiger partial charge is 0.263 e. The summed E-state index contributed by atoms with van der Waals surface area (Å²) >= 11 is 5.94. The number of nitrogens with two attached hydrogens (primary N) is 1. The number of hydrogen-bond acceptors (Lipinski definition) is 4. The molecule has 5 nitrogen and oxygen atoms in total. The van der Waals surface area contributed by atoms with Crippen molar-refractivity contribution in [3.8, 4) is 11.8 Å². The molecular formula is C14H12ClN3O2S. The third-order valence-corrected chi connectivity index (χ3v) is 4.14. The molecule has 1 aromatic carbocycles. The minimum atomic E-state index is -3.78. The molecule has 21 heavy (non-hydrogen) atoms. The van der Waals surface area contributed by atoms with Crippen LogP contribution in [0.3, 0.4) is 0 Å². The first kappa shape index (κ1) is 15.3. The number of aromatic nitrogens is 1. The second-order valence-corrected chi connectivity index (χ2v) is 6.09. The van der Waals surface area contributed by atoms with Crippen molar-refractivity contribution >= 4 is 27.3 Å². The molecule has 3 N–H and O–H groups in total. The van der Waals surface area contributed by atoms with Crippen LogP contribution in [0.4, 0.5) is 5.69 Å². The summed E-state index contributed by atoms with van der Waals surface area (Å²) in [5, 5.41) is 0.313. The quantitative estimate of drug-likeness (QED) is 0.845. The van der Waals surface area contributed by atoms with Crippen molar-refractivity contribution in [2.24, 2.45) is 5.73 Å². The van der Waals surface area contributed by atoms with Crippen molar-refractivity contribution in [2.75, 3.05) is 11.3 Å². The van der Waals surface area contributed by atoms with Crippen LogP contribution < -0.4 is 10.5 Å². The second-order valence-electron chi connectivity index (χ2n) is 4.00. The number of benzene rings is 1. The van der Waals surface area contributed by atoms with Crippen molar-refractivity contribution < 1.29 is 8.42 Å². The first-order chi connectivity index (χ1) is 10.0. The van der Waals surface area contributed by atoms with Gasteiger partial charge in [-0.3, -0.25) is 9.71 Å². The molecule has 2 rings (SSSR count). The zero-order valence-electron chi connectivity index (χ0n) is 10.9. The molecule has 0 bridgehead atoms. The van der Waals surface area contributed by atoms with Crippen LogP contribution in [0, 0.1) is 11.8 Å². The van der Waals surface area contributed by atoms with Crippen LogP contribution in [0.2, 0.25) is 5.02 Å². The summed E-state index contributed by atoms with van der Waals surface area (Å²) in [6, 6.07) is 8.00. The van der Waals surface area contributed by atoms with E-state index in [0.29, 0.717) is 16.3 Å². The molecular weight excluding hydrogens is 310 g/mol. The molecule has 0 spiro atoms. The van der Waals surface area contributed by atoms with Crippen LogP contribution >= 0.6 is 11.6 Å². The lowest BCUT2D eigenvalue weighted by atomic mass is 10.3. The summed E-state index contributed by atoms with van der Waals surface area (Å²) in [6.07, 6.45) is 2.71. The number of pyridine rings is 1. The zero-order valence-corrected chi connectivity index (χ0v) is 12.4. The van der Waals surface area contributed by atoms with Gasteiger partial charge >= 0.3 is 0 Å². The Balaban J connectivity index is 2.34. The Bertz CT molecular complexity index is 810. The molecule has 0 amide bonds. The maximum atomic E-state index is 12.3. The number of halogens is 1. The third-order valence-electron chi connectivity index (χ3n) is 2.48. The summed E-state index contributed by atoms with van der Waals surface area (Å²) in [6.45, 7) is 0.189. The van der Waals surface area contributed by atoms with Crippen LogP contribution in [0.5, 0.6) is 0 Å². The number of anilines is 1.